The van der Waals surface area contributed by atoms with Crippen LogP contribution in [0.2, 0.25) is 0 Å². The van der Waals surface area contributed by atoms with Gasteiger partial charge in [-0.2, -0.15) is 4.31 Å². The van der Waals surface area contributed by atoms with Crippen LogP contribution < -0.4 is 10.2 Å². The first-order valence-electron chi connectivity index (χ1n) is 9.14. The lowest BCUT2D eigenvalue weighted by Gasteiger charge is -2.24. The van der Waals surface area contributed by atoms with E-state index < -0.39 is 10.0 Å². The fraction of sp³-hybridized carbons (Fsp3) is 0.450. The third-order valence-electron chi connectivity index (χ3n) is 4.17. The van der Waals surface area contributed by atoms with Gasteiger partial charge in [0, 0.05) is 38.4 Å². The Morgan fingerprint density at radius 2 is 1.89 bits per heavy atom. The molecule has 0 fully saturated rings. The van der Waals surface area contributed by atoms with Crippen molar-refractivity contribution < 1.29 is 17.6 Å². The second kappa shape index (κ2) is 9.25. The van der Waals surface area contributed by atoms with Crippen LogP contribution in [0, 0.1) is 5.92 Å². The number of rotatable bonds is 9. The summed E-state index contributed by atoms with van der Waals surface area (Å²) in [7, 11) is 0.326. The lowest BCUT2D eigenvalue weighted by molar-refractivity contribution is -0.116. The smallest absolute Gasteiger partial charge is 0.224 e. The van der Waals surface area contributed by atoms with E-state index in [0.717, 1.165) is 11.3 Å². The predicted octanol–water partition coefficient (Wildman–Crippen LogP) is 3.29. The van der Waals surface area contributed by atoms with Gasteiger partial charge in [0.15, 0.2) is 0 Å². The Labute approximate surface area is 167 Å². The minimum absolute atomic E-state index is 0.0610. The van der Waals surface area contributed by atoms with Gasteiger partial charge in [-0.3, -0.25) is 4.79 Å². The molecule has 0 aliphatic rings. The van der Waals surface area contributed by atoms with E-state index in [2.05, 4.69) is 5.32 Å². The predicted molar refractivity (Wildman–Crippen MR) is 112 cm³/mol. The zero-order valence-electron chi connectivity index (χ0n) is 17.1. The van der Waals surface area contributed by atoms with Gasteiger partial charge in [0.05, 0.1) is 19.1 Å². The molecule has 154 valence electrons. The number of hydrogen-bond donors (Lipinski definition) is 1. The van der Waals surface area contributed by atoms with Crippen LogP contribution in [0.4, 0.5) is 11.4 Å². The molecule has 0 unspecified atom stereocenters. The van der Waals surface area contributed by atoms with Gasteiger partial charge in [0.1, 0.15) is 5.76 Å². The Morgan fingerprint density at radius 1 is 1.18 bits per heavy atom. The van der Waals surface area contributed by atoms with Crippen molar-refractivity contribution in [1.29, 1.82) is 0 Å². The molecule has 1 N–H and O–H groups in total. The summed E-state index contributed by atoms with van der Waals surface area (Å²) in [5.74, 6) is 0.766. The van der Waals surface area contributed by atoms with Gasteiger partial charge in [-0.1, -0.05) is 13.8 Å². The number of hydrogen-bond acceptors (Lipinski definition) is 5. The summed E-state index contributed by atoms with van der Waals surface area (Å²) >= 11 is 0. The molecule has 1 amide bonds. The maximum absolute atomic E-state index is 12.3. The number of furan rings is 1. The molecule has 1 aromatic heterocycles. The van der Waals surface area contributed by atoms with E-state index in [1.807, 2.05) is 51.0 Å². The third kappa shape index (κ3) is 6.38. The molecule has 0 saturated heterocycles. The molecule has 1 aromatic carbocycles. The van der Waals surface area contributed by atoms with Crippen molar-refractivity contribution in [3.8, 4) is 0 Å². The summed E-state index contributed by atoms with van der Waals surface area (Å²) in [5.41, 5.74) is 2.33. The fourth-order valence-electron chi connectivity index (χ4n) is 2.87. The Bertz CT molecular complexity index is 890. The summed E-state index contributed by atoms with van der Waals surface area (Å²) in [4.78, 5) is 14.0. The standard InChI is InChI=1S/C20H29N3O4S/c1-15(2)11-20(24)21-17-8-9-19(22(3)4)16(12-17)13-23(28(5,25)26)14-18-7-6-10-27-18/h6-10,12,15H,11,13-14H2,1-5H3,(H,21,24). The second-order valence-corrected chi connectivity index (χ2v) is 9.48. The van der Waals surface area contributed by atoms with Gasteiger partial charge >= 0.3 is 0 Å². The third-order valence-corrected chi connectivity index (χ3v) is 5.36. The van der Waals surface area contributed by atoms with Gasteiger partial charge in [0.25, 0.3) is 0 Å². The van der Waals surface area contributed by atoms with E-state index in [0.29, 0.717) is 17.9 Å². The molecule has 0 radical (unpaired) electrons. The van der Waals surface area contributed by atoms with E-state index in [1.165, 1.54) is 16.8 Å². The monoisotopic (exact) mass is 407 g/mol. The van der Waals surface area contributed by atoms with Gasteiger partial charge in [0.2, 0.25) is 15.9 Å². The van der Waals surface area contributed by atoms with Crippen molar-refractivity contribution in [2.24, 2.45) is 5.92 Å². The Morgan fingerprint density at radius 3 is 2.43 bits per heavy atom. The summed E-state index contributed by atoms with van der Waals surface area (Å²) in [6.45, 7) is 4.28. The van der Waals surface area contributed by atoms with Crippen molar-refractivity contribution in [3.05, 3.63) is 47.9 Å². The lowest BCUT2D eigenvalue weighted by Crippen LogP contribution is -2.29. The molecule has 0 saturated carbocycles. The summed E-state index contributed by atoms with van der Waals surface area (Å²) in [5, 5.41) is 2.89. The summed E-state index contributed by atoms with van der Waals surface area (Å²) < 4.78 is 31.3. The van der Waals surface area contributed by atoms with Crippen LogP contribution in [0.25, 0.3) is 0 Å². The number of benzene rings is 1. The molecule has 7 nitrogen and oxygen atoms in total. The largest absolute Gasteiger partial charge is 0.468 e. The van der Waals surface area contributed by atoms with Crippen molar-refractivity contribution in [2.45, 2.75) is 33.4 Å². The average molecular weight is 408 g/mol. The first kappa shape index (κ1) is 22.0. The zero-order chi connectivity index (χ0) is 20.9. The number of sulfonamides is 1. The Kier molecular flexibility index (Phi) is 7.26. The van der Waals surface area contributed by atoms with E-state index in [1.54, 1.807) is 12.1 Å². The molecule has 8 heteroatoms. The molecule has 0 spiro atoms. The maximum atomic E-state index is 12.3. The van der Waals surface area contributed by atoms with Gasteiger partial charge in [-0.15, -0.1) is 0 Å². The first-order valence-corrected chi connectivity index (χ1v) is 11.0. The number of nitrogens with one attached hydrogen (secondary N) is 1. The quantitative estimate of drug-likeness (QED) is 0.690. The van der Waals surface area contributed by atoms with Crippen molar-refractivity contribution in [2.75, 3.05) is 30.6 Å². The van der Waals surface area contributed by atoms with Crippen LogP contribution in [0.15, 0.2) is 41.0 Å². The maximum Gasteiger partial charge on any atom is 0.224 e. The normalized spacial score (nSPS) is 11.8. The van der Waals surface area contributed by atoms with Gasteiger partial charge in [-0.05, 0) is 41.8 Å². The van der Waals surface area contributed by atoms with Crippen LogP contribution in [0.3, 0.4) is 0 Å². The van der Waals surface area contributed by atoms with E-state index >= 15 is 0 Å². The minimum atomic E-state index is -3.47. The molecule has 0 atom stereocenters. The molecule has 2 rings (SSSR count). The van der Waals surface area contributed by atoms with Crippen LogP contribution in [0.5, 0.6) is 0 Å². The molecule has 0 bridgehead atoms. The number of carbonyl (C=O) groups is 1. The highest BCUT2D eigenvalue weighted by atomic mass is 32.2. The van der Waals surface area contributed by atoms with Gasteiger partial charge in [-0.25, -0.2) is 8.42 Å². The Hall–Kier alpha value is -2.32. The van der Waals surface area contributed by atoms with Crippen molar-refractivity contribution in [1.82, 2.24) is 4.31 Å². The van der Waals surface area contributed by atoms with Gasteiger partial charge < -0.3 is 14.6 Å². The lowest BCUT2D eigenvalue weighted by atomic mass is 10.1. The topological polar surface area (TPSA) is 82.9 Å². The highest BCUT2D eigenvalue weighted by molar-refractivity contribution is 7.88. The minimum Gasteiger partial charge on any atom is -0.468 e. The summed E-state index contributed by atoms with van der Waals surface area (Å²) in [6.07, 6.45) is 3.13. The molecule has 2 aromatic rings. The highest BCUT2D eigenvalue weighted by Crippen LogP contribution is 2.26. The van der Waals surface area contributed by atoms with Crippen LogP contribution >= 0.6 is 0 Å². The average Bonchev–Trinajstić information content (AvgIpc) is 3.05. The van der Waals surface area contributed by atoms with E-state index in [-0.39, 0.29) is 24.9 Å². The molecule has 0 aliphatic heterocycles. The first-order chi connectivity index (χ1) is 13.1. The highest BCUT2D eigenvalue weighted by Gasteiger charge is 2.21. The second-order valence-electron chi connectivity index (χ2n) is 7.49. The number of nitrogens with zero attached hydrogens (tertiary/aromatic N) is 2. The fourth-order valence-corrected chi connectivity index (χ4v) is 3.60. The van der Waals surface area contributed by atoms with Crippen LogP contribution in [-0.4, -0.2) is 39.0 Å². The van der Waals surface area contributed by atoms with E-state index in [4.69, 9.17) is 4.42 Å². The van der Waals surface area contributed by atoms with Crippen molar-refractivity contribution in [3.63, 3.8) is 0 Å². The molecule has 28 heavy (non-hydrogen) atoms. The summed E-state index contributed by atoms with van der Waals surface area (Å²) in [6, 6.07) is 9.01. The van der Waals surface area contributed by atoms with Crippen LogP contribution in [-0.2, 0) is 27.9 Å². The van der Waals surface area contributed by atoms with Crippen molar-refractivity contribution >= 4 is 27.3 Å². The number of anilines is 2. The molecular weight excluding hydrogens is 378 g/mol. The molecule has 0 aliphatic carbocycles. The zero-order valence-corrected chi connectivity index (χ0v) is 17.9. The molecule has 1 heterocycles. The van der Waals surface area contributed by atoms with E-state index in [9.17, 15) is 13.2 Å². The SMILES string of the molecule is CC(C)CC(=O)Nc1ccc(N(C)C)c(CN(Cc2ccco2)S(C)(=O)=O)c1. The van der Waals surface area contributed by atoms with Crippen LogP contribution in [0.1, 0.15) is 31.6 Å². The Balaban J connectivity index is 2.31. The number of carbonyl (C=O) groups excluding carboxylic acids is 1. The molecular formula is C20H29N3O4S. The number of amides is 1.